The molecule has 1 amide bonds. The number of carboxylic acid groups (broad SMARTS) is 1. The van der Waals surface area contributed by atoms with Gasteiger partial charge in [-0.3, -0.25) is 14.8 Å². The van der Waals surface area contributed by atoms with E-state index < -0.39 is 5.97 Å². The van der Waals surface area contributed by atoms with Gasteiger partial charge in [-0.25, -0.2) is 4.79 Å². The lowest BCUT2D eigenvalue weighted by Crippen LogP contribution is -2.46. The topological polar surface area (TPSA) is 98.3 Å². The molecule has 2 heterocycles. The van der Waals surface area contributed by atoms with E-state index >= 15 is 0 Å². The standard InChI is InChI=1S/C12H18N4O3/c1-8(17)14-10-3-2-4-16(7-10)6-9-5-13-15-11(9)12(18)19/h5,10H,2-4,6-7H2,1H3,(H,13,15)(H,14,17)(H,18,19). The van der Waals surface area contributed by atoms with E-state index in [0.29, 0.717) is 12.1 Å². The highest BCUT2D eigenvalue weighted by molar-refractivity contribution is 5.86. The van der Waals surface area contributed by atoms with Crippen LogP contribution in [0.4, 0.5) is 0 Å². The van der Waals surface area contributed by atoms with E-state index in [1.54, 1.807) is 6.20 Å². The molecular weight excluding hydrogens is 248 g/mol. The van der Waals surface area contributed by atoms with Gasteiger partial charge in [-0.1, -0.05) is 0 Å². The van der Waals surface area contributed by atoms with Crippen LogP contribution in [0.25, 0.3) is 0 Å². The summed E-state index contributed by atoms with van der Waals surface area (Å²) in [7, 11) is 0. The number of likely N-dealkylation sites (tertiary alicyclic amines) is 1. The van der Waals surface area contributed by atoms with Gasteiger partial charge in [0.2, 0.25) is 5.91 Å². The van der Waals surface area contributed by atoms with Crippen LogP contribution < -0.4 is 5.32 Å². The predicted octanol–water partition coefficient (Wildman–Crippen LogP) is 0.208. The second-order valence-corrected chi connectivity index (χ2v) is 4.85. The molecule has 1 aromatic heterocycles. The Balaban J connectivity index is 1.96. The van der Waals surface area contributed by atoms with Gasteiger partial charge in [0.15, 0.2) is 0 Å². The molecule has 1 fully saturated rings. The summed E-state index contributed by atoms with van der Waals surface area (Å²) in [5.74, 6) is -1.02. The third kappa shape index (κ3) is 3.54. The number of carboxylic acids is 1. The first-order chi connectivity index (χ1) is 9.06. The number of carbonyl (C=O) groups is 2. The number of carbonyl (C=O) groups excluding carboxylic acids is 1. The van der Waals surface area contributed by atoms with E-state index in [1.807, 2.05) is 0 Å². The smallest absolute Gasteiger partial charge is 0.354 e. The molecule has 0 aromatic carbocycles. The molecular formula is C12H18N4O3. The number of nitrogens with zero attached hydrogens (tertiary/aromatic N) is 2. The number of H-pyrrole nitrogens is 1. The Morgan fingerprint density at radius 3 is 3.11 bits per heavy atom. The van der Waals surface area contributed by atoms with Crippen molar-refractivity contribution in [3.05, 3.63) is 17.5 Å². The number of aromatic amines is 1. The fourth-order valence-corrected chi connectivity index (χ4v) is 2.46. The molecule has 1 aliphatic heterocycles. The summed E-state index contributed by atoms with van der Waals surface area (Å²) in [5, 5.41) is 18.2. The Morgan fingerprint density at radius 1 is 1.63 bits per heavy atom. The van der Waals surface area contributed by atoms with Crippen LogP contribution in [-0.2, 0) is 11.3 Å². The van der Waals surface area contributed by atoms with Crippen LogP contribution in [0.5, 0.6) is 0 Å². The first-order valence-electron chi connectivity index (χ1n) is 6.31. The maximum atomic E-state index is 11.1. The van der Waals surface area contributed by atoms with Gasteiger partial charge in [0, 0.05) is 31.6 Å². The summed E-state index contributed by atoms with van der Waals surface area (Å²) < 4.78 is 0. The molecule has 0 spiro atoms. The van der Waals surface area contributed by atoms with Crippen molar-refractivity contribution in [2.24, 2.45) is 0 Å². The number of hydrogen-bond donors (Lipinski definition) is 3. The first kappa shape index (κ1) is 13.5. The summed E-state index contributed by atoms with van der Waals surface area (Å²) in [6, 6.07) is 0.145. The summed E-state index contributed by atoms with van der Waals surface area (Å²) >= 11 is 0. The van der Waals surface area contributed by atoms with E-state index in [1.165, 1.54) is 6.92 Å². The number of rotatable bonds is 4. The lowest BCUT2D eigenvalue weighted by atomic mass is 10.0. The SMILES string of the molecule is CC(=O)NC1CCCN(Cc2cn[nH]c2C(=O)O)C1. The van der Waals surface area contributed by atoms with Crippen LogP contribution in [0.15, 0.2) is 6.20 Å². The molecule has 1 saturated heterocycles. The van der Waals surface area contributed by atoms with Crippen molar-refractivity contribution in [1.82, 2.24) is 20.4 Å². The molecule has 1 aromatic rings. The van der Waals surface area contributed by atoms with Crippen LogP contribution in [0.3, 0.4) is 0 Å². The van der Waals surface area contributed by atoms with Gasteiger partial charge in [0.25, 0.3) is 0 Å². The minimum atomic E-state index is -0.997. The summed E-state index contributed by atoms with van der Waals surface area (Å²) in [6.45, 7) is 3.69. The molecule has 2 rings (SSSR count). The van der Waals surface area contributed by atoms with Crippen LogP contribution in [0, 0.1) is 0 Å². The lowest BCUT2D eigenvalue weighted by Gasteiger charge is -2.32. The van der Waals surface area contributed by atoms with Crippen molar-refractivity contribution in [3.63, 3.8) is 0 Å². The number of nitrogens with one attached hydrogen (secondary N) is 2. The summed E-state index contributed by atoms with van der Waals surface area (Å²) in [5.41, 5.74) is 0.817. The largest absolute Gasteiger partial charge is 0.477 e. The third-order valence-corrected chi connectivity index (χ3v) is 3.24. The average Bonchev–Trinajstić information content (AvgIpc) is 2.76. The minimum Gasteiger partial charge on any atom is -0.477 e. The Labute approximate surface area is 111 Å². The molecule has 0 bridgehead atoms. The number of aromatic nitrogens is 2. The molecule has 7 nitrogen and oxygen atoms in total. The average molecular weight is 266 g/mol. The maximum Gasteiger partial charge on any atom is 0.354 e. The highest BCUT2D eigenvalue weighted by Gasteiger charge is 2.22. The van der Waals surface area contributed by atoms with Gasteiger partial charge in [0.05, 0.1) is 6.20 Å². The highest BCUT2D eigenvalue weighted by Crippen LogP contribution is 2.15. The second-order valence-electron chi connectivity index (χ2n) is 4.85. The van der Waals surface area contributed by atoms with Gasteiger partial charge >= 0.3 is 5.97 Å². The van der Waals surface area contributed by atoms with Crippen LogP contribution in [0.2, 0.25) is 0 Å². The summed E-state index contributed by atoms with van der Waals surface area (Å²) in [6.07, 6.45) is 3.50. The molecule has 104 valence electrons. The summed E-state index contributed by atoms with van der Waals surface area (Å²) in [4.78, 5) is 24.2. The zero-order valence-electron chi connectivity index (χ0n) is 10.8. The third-order valence-electron chi connectivity index (χ3n) is 3.24. The predicted molar refractivity (Wildman–Crippen MR) is 67.7 cm³/mol. The van der Waals surface area contributed by atoms with Crippen molar-refractivity contribution in [2.45, 2.75) is 32.4 Å². The molecule has 1 aliphatic rings. The lowest BCUT2D eigenvalue weighted by molar-refractivity contribution is -0.120. The quantitative estimate of drug-likeness (QED) is 0.723. The van der Waals surface area contributed by atoms with Gasteiger partial charge < -0.3 is 10.4 Å². The van der Waals surface area contributed by atoms with Crippen molar-refractivity contribution in [2.75, 3.05) is 13.1 Å². The van der Waals surface area contributed by atoms with Crippen LogP contribution in [0.1, 0.15) is 35.8 Å². The van der Waals surface area contributed by atoms with E-state index in [2.05, 4.69) is 20.4 Å². The monoisotopic (exact) mass is 266 g/mol. The van der Waals surface area contributed by atoms with E-state index in [0.717, 1.165) is 25.9 Å². The van der Waals surface area contributed by atoms with Crippen molar-refractivity contribution >= 4 is 11.9 Å². The Hall–Kier alpha value is -1.89. The minimum absolute atomic E-state index is 0.0265. The van der Waals surface area contributed by atoms with Gasteiger partial charge in [0.1, 0.15) is 5.69 Å². The fraction of sp³-hybridized carbons (Fsp3) is 0.583. The molecule has 0 aliphatic carbocycles. The molecule has 0 saturated carbocycles. The molecule has 1 unspecified atom stereocenters. The first-order valence-corrected chi connectivity index (χ1v) is 6.31. The van der Waals surface area contributed by atoms with E-state index in [9.17, 15) is 9.59 Å². The zero-order chi connectivity index (χ0) is 13.8. The van der Waals surface area contributed by atoms with Gasteiger partial charge in [-0.15, -0.1) is 0 Å². The Morgan fingerprint density at radius 2 is 2.42 bits per heavy atom. The highest BCUT2D eigenvalue weighted by atomic mass is 16.4. The zero-order valence-corrected chi connectivity index (χ0v) is 10.8. The van der Waals surface area contributed by atoms with Crippen LogP contribution >= 0.6 is 0 Å². The van der Waals surface area contributed by atoms with E-state index in [4.69, 9.17) is 5.11 Å². The van der Waals surface area contributed by atoms with Crippen molar-refractivity contribution in [3.8, 4) is 0 Å². The second kappa shape index (κ2) is 5.83. The van der Waals surface area contributed by atoms with Gasteiger partial charge in [-0.05, 0) is 19.4 Å². The van der Waals surface area contributed by atoms with Gasteiger partial charge in [-0.2, -0.15) is 5.10 Å². The number of hydrogen-bond acceptors (Lipinski definition) is 4. The Kier molecular flexibility index (Phi) is 4.16. The molecule has 0 radical (unpaired) electrons. The normalized spacial score (nSPS) is 20.2. The molecule has 7 heteroatoms. The fourth-order valence-electron chi connectivity index (χ4n) is 2.46. The molecule has 3 N–H and O–H groups in total. The Bertz CT molecular complexity index is 471. The maximum absolute atomic E-state index is 11.1. The number of piperidine rings is 1. The molecule has 1 atom stereocenters. The number of amides is 1. The number of aromatic carboxylic acids is 1. The van der Waals surface area contributed by atoms with Crippen LogP contribution in [-0.4, -0.2) is 51.2 Å². The molecule has 19 heavy (non-hydrogen) atoms. The van der Waals surface area contributed by atoms with Crippen molar-refractivity contribution < 1.29 is 14.7 Å². The van der Waals surface area contributed by atoms with Crippen molar-refractivity contribution in [1.29, 1.82) is 0 Å². The van der Waals surface area contributed by atoms with E-state index in [-0.39, 0.29) is 17.6 Å².